The number of hydrogen-bond donors (Lipinski definition) is 0. The Bertz CT molecular complexity index is 462. The SMILES string of the molecule is C[C](C)([Cr][C](C)(C)c1ccccc1)c1ccccc1. The molecular formula is C18H22Cr. The zero-order valence-electron chi connectivity index (χ0n) is 12.2. The van der Waals surface area contributed by atoms with E-state index < -0.39 is 0 Å². The summed E-state index contributed by atoms with van der Waals surface area (Å²) in [5, 5.41) is 0. The van der Waals surface area contributed by atoms with Gasteiger partial charge in [-0.05, 0) is 0 Å². The molecule has 1 heteroatoms. The maximum atomic E-state index is 2.37. The van der Waals surface area contributed by atoms with Gasteiger partial charge in [-0.2, -0.15) is 0 Å². The van der Waals surface area contributed by atoms with Gasteiger partial charge in [-0.25, -0.2) is 0 Å². The molecule has 0 fully saturated rings. The molecular weight excluding hydrogens is 268 g/mol. The van der Waals surface area contributed by atoms with Crippen LogP contribution in [0.2, 0.25) is 0 Å². The Balaban J connectivity index is 2.25. The van der Waals surface area contributed by atoms with Crippen molar-refractivity contribution in [1.82, 2.24) is 0 Å². The van der Waals surface area contributed by atoms with E-state index in [9.17, 15) is 0 Å². The standard InChI is InChI=1S/2C9H11.Cr/c2*1-8(2)9-6-4-3-5-7-9;/h2*3-7H,1-2H3;. The maximum absolute atomic E-state index is 2.37. The third-order valence-corrected chi connectivity index (χ3v) is 5.78. The van der Waals surface area contributed by atoms with Crippen molar-refractivity contribution in [2.45, 2.75) is 36.2 Å². The first-order valence-electron chi connectivity index (χ1n) is 6.73. The summed E-state index contributed by atoms with van der Waals surface area (Å²) in [5.41, 5.74) is 2.89. The molecule has 0 aliphatic rings. The molecule has 2 aromatic rings. The van der Waals surface area contributed by atoms with Gasteiger partial charge in [-0.15, -0.1) is 0 Å². The van der Waals surface area contributed by atoms with Gasteiger partial charge in [-0.3, -0.25) is 0 Å². The van der Waals surface area contributed by atoms with Gasteiger partial charge in [0.2, 0.25) is 0 Å². The molecule has 0 nitrogen and oxygen atoms in total. The van der Waals surface area contributed by atoms with Crippen molar-refractivity contribution in [2.24, 2.45) is 0 Å². The molecule has 19 heavy (non-hydrogen) atoms. The number of rotatable bonds is 4. The molecule has 2 aromatic carbocycles. The van der Waals surface area contributed by atoms with Crippen molar-refractivity contribution in [3.63, 3.8) is 0 Å². The third-order valence-electron chi connectivity index (χ3n) is 3.45. The van der Waals surface area contributed by atoms with E-state index in [0.717, 1.165) is 0 Å². The summed E-state index contributed by atoms with van der Waals surface area (Å²) in [5.74, 6) is 0. The van der Waals surface area contributed by atoms with Gasteiger partial charge in [-0.1, -0.05) is 0 Å². The van der Waals surface area contributed by atoms with Crippen molar-refractivity contribution in [3.8, 4) is 0 Å². The van der Waals surface area contributed by atoms with Crippen molar-refractivity contribution in [1.29, 1.82) is 0 Å². The summed E-state index contributed by atoms with van der Waals surface area (Å²) in [6, 6.07) is 21.8. The van der Waals surface area contributed by atoms with E-state index >= 15 is 0 Å². The molecule has 100 valence electrons. The second kappa shape index (κ2) is 5.53. The van der Waals surface area contributed by atoms with Crippen LogP contribution in [0.25, 0.3) is 0 Å². The summed E-state index contributed by atoms with van der Waals surface area (Å²) in [6.07, 6.45) is 0. The van der Waals surface area contributed by atoms with Crippen molar-refractivity contribution < 1.29 is 15.2 Å². The number of hydrogen-bond acceptors (Lipinski definition) is 0. The fourth-order valence-electron chi connectivity index (χ4n) is 2.43. The summed E-state index contributed by atoms with van der Waals surface area (Å²) < 4.78 is 0.487. The van der Waals surface area contributed by atoms with E-state index in [4.69, 9.17) is 0 Å². The zero-order valence-corrected chi connectivity index (χ0v) is 13.5. The molecule has 0 saturated heterocycles. The van der Waals surface area contributed by atoms with E-state index in [-0.39, 0.29) is 8.55 Å². The quantitative estimate of drug-likeness (QED) is 0.748. The third kappa shape index (κ3) is 3.50. The van der Waals surface area contributed by atoms with Crippen LogP contribution in [0.1, 0.15) is 38.8 Å². The van der Waals surface area contributed by atoms with Crippen LogP contribution in [0.15, 0.2) is 60.7 Å². The van der Waals surface area contributed by atoms with Gasteiger partial charge in [0.15, 0.2) is 0 Å². The first-order valence-corrected chi connectivity index (χ1v) is 8.00. The average molecular weight is 290 g/mol. The van der Waals surface area contributed by atoms with E-state index in [0.29, 0.717) is 15.2 Å². The number of benzene rings is 2. The van der Waals surface area contributed by atoms with Gasteiger partial charge < -0.3 is 0 Å². The predicted molar refractivity (Wildman–Crippen MR) is 78.9 cm³/mol. The first kappa shape index (κ1) is 14.4. The Morgan fingerprint density at radius 1 is 0.579 bits per heavy atom. The minimum atomic E-state index is 0.244. The summed E-state index contributed by atoms with van der Waals surface area (Å²) in [4.78, 5) is 0. The normalized spacial score (nSPS) is 12.4. The Morgan fingerprint density at radius 2 is 0.895 bits per heavy atom. The van der Waals surface area contributed by atoms with Gasteiger partial charge in [0.1, 0.15) is 0 Å². The Kier molecular flexibility index (Phi) is 4.19. The average Bonchev–Trinajstić information content (AvgIpc) is 2.40. The summed E-state index contributed by atoms with van der Waals surface area (Å²) in [6.45, 7) is 9.47. The van der Waals surface area contributed by atoms with Gasteiger partial charge in [0.25, 0.3) is 0 Å². The molecule has 0 atom stereocenters. The van der Waals surface area contributed by atoms with Crippen LogP contribution in [-0.4, -0.2) is 0 Å². The molecule has 0 unspecified atom stereocenters. The van der Waals surface area contributed by atoms with Crippen LogP contribution in [-0.2, 0) is 23.8 Å². The molecule has 0 heterocycles. The van der Waals surface area contributed by atoms with Crippen LogP contribution in [0.5, 0.6) is 0 Å². The molecule has 0 aliphatic heterocycles. The Morgan fingerprint density at radius 3 is 1.21 bits per heavy atom. The van der Waals surface area contributed by atoms with E-state index in [2.05, 4.69) is 88.4 Å². The summed E-state index contributed by atoms with van der Waals surface area (Å²) in [7, 11) is 0. The van der Waals surface area contributed by atoms with Gasteiger partial charge in [0, 0.05) is 0 Å². The van der Waals surface area contributed by atoms with Crippen LogP contribution >= 0.6 is 0 Å². The minimum absolute atomic E-state index is 0.244. The second-order valence-electron chi connectivity index (χ2n) is 5.85. The monoisotopic (exact) mass is 290 g/mol. The molecule has 0 saturated carbocycles. The summed E-state index contributed by atoms with van der Waals surface area (Å²) >= 11 is 0.475. The first-order chi connectivity index (χ1) is 8.92. The van der Waals surface area contributed by atoms with E-state index in [1.807, 2.05) is 0 Å². The molecule has 0 N–H and O–H groups in total. The van der Waals surface area contributed by atoms with Gasteiger partial charge in [0.05, 0.1) is 0 Å². The van der Waals surface area contributed by atoms with Crippen molar-refractivity contribution >= 4 is 0 Å². The molecule has 2 rings (SSSR count). The fraction of sp³-hybridized carbons (Fsp3) is 0.333. The van der Waals surface area contributed by atoms with Crippen LogP contribution in [0.3, 0.4) is 0 Å². The molecule has 0 radical (unpaired) electrons. The zero-order chi connectivity index (χ0) is 13.9. The van der Waals surface area contributed by atoms with Crippen molar-refractivity contribution in [3.05, 3.63) is 71.8 Å². The van der Waals surface area contributed by atoms with Gasteiger partial charge >= 0.3 is 123 Å². The predicted octanol–water partition coefficient (Wildman–Crippen LogP) is 4.94. The second-order valence-corrected chi connectivity index (χ2v) is 9.36. The molecule has 0 bridgehead atoms. The molecule has 0 aliphatic carbocycles. The van der Waals surface area contributed by atoms with Crippen LogP contribution in [0.4, 0.5) is 0 Å². The van der Waals surface area contributed by atoms with Crippen LogP contribution < -0.4 is 0 Å². The molecule has 0 spiro atoms. The Hall–Kier alpha value is -1.03. The molecule has 0 aromatic heterocycles. The topological polar surface area (TPSA) is 0 Å². The van der Waals surface area contributed by atoms with Crippen molar-refractivity contribution in [2.75, 3.05) is 0 Å². The fourth-order valence-corrected chi connectivity index (χ4v) is 5.22. The van der Waals surface area contributed by atoms with E-state index in [1.54, 1.807) is 0 Å². The Labute approximate surface area is 123 Å². The van der Waals surface area contributed by atoms with Crippen LogP contribution in [0, 0.1) is 0 Å². The van der Waals surface area contributed by atoms with E-state index in [1.165, 1.54) is 11.1 Å². The molecule has 0 amide bonds.